The van der Waals surface area contributed by atoms with Crippen LogP contribution in [0.25, 0.3) is 5.69 Å². The minimum absolute atomic E-state index is 0.476. The van der Waals surface area contributed by atoms with E-state index < -0.39 is 0 Å². The second-order valence-corrected chi connectivity index (χ2v) is 6.12. The number of hydrogen-bond donors (Lipinski definition) is 1. The molecule has 1 aromatic heterocycles. The van der Waals surface area contributed by atoms with Gasteiger partial charge in [0.1, 0.15) is 23.9 Å². The molecule has 1 saturated heterocycles. The molecule has 25 heavy (non-hydrogen) atoms. The Morgan fingerprint density at radius 3 is 2.36 bits per heavy atom. The predicted molar refractivity (Wildman–Crippen MR) is 96.6 cm³/mol. The van der Waals surface area contributed by atoms with Crippen molar-refractivity contribution in [2.75, 3.05) is 13.2 Å². The molecule has 4 rings (SSSR count). The summed E-state index contributed by atoms with van der Waals surface area (Å²) in [6.45, 7) is 1.81. The fraction of sp³-hybridized carbons (Fsp3) is 0.250. The Kier molecular flexibility index (Phi) is 4.65. The summed E-state index contributed by atoms with van der Waals surface area (Å²) in [6, 6.07) is 18.0. The van der Waals surface area contributed by atoms with Crippen molar-refractivity contribution in [3.8, 4) is 22.9 Å². The van der Waals surface area contributed by atoms with Crippen LogP contribution < -0.4 is 14.8 Å². The number of ether oxygens (including phenoxy) is 2. The molecule has 0 spiro atoms. The van der Waals surface area contributed by atoms with Crippen molar-refractivity contribution >= 4 is 0 Å². The summed E-state index contributed by atoms with van der Waals surface area (Å²) in [5.41, 5.74) is 1.00. The van der Waals surface area contributed by atoms with E-state index in [9.17, 15) is 0 Å². The lowest BCUT2D eigenvalue weighted by Crippen LogP contribution is -2.28. The third-order valence-corrected chi connectivity index (χ3v) is 4.28. The van der Waals surface area contributed by atoms with E-state index in [4.69, 9.17) is 9.47 Å². The Hall–Kier alpha value is -2.79. The molecule has 0 saturated carbocycles. The number of nitrogens with zero attached hydrogens (tertiary/aromatic N) is 2. The summed E-state index contributed by atoms with van der Waals surface area (Å²) >= 11 is 0. The van der Waals surface area contributed by atoms with Gasteiger partial charge in [-0.25, -0.2) is 4.68 Å². The van der Waals surface area contributed by atoms with Gasteiger partial charge >= 0.3 is 0 Å². The van der Waals surface area contributed by atoms with Crippen molar-refractivity contribution in [2.45, 2.75) is 18.9 Å². The summed E-state index contributed by atoms with van der Waals surface area (Å²) < 4.78 is 13.5. The van der Waals surface area contributed by atoms with Crippen LogP contribution in [0.1, 0.15) is 12.8 Å². The molecule has 128 valence electrons. The fourth-order valence-corrected chi connectivity index (χ4v) is 2.92. The van der Waals surface area contributed by atoms with Gasteiger partial charge in [0.15, 0.2) is 0 Å². The lowest BCUT2D eigenvalue weighted by atomic mass is 10.2. The minimum atomic E-state index is 0.476. The number of benzene rings is 2. The zero-order valence-electron chi connectivity index (χ0n) is 14.0. The molecular weight excluding hydrogens is 314 g/mol. The monoisotopic (exact) mass is 335 g/mol. The zero-order valence-corrected chi connectivity index (χ0v) is 14.0. The van der Waals surface area contributed by atoms with Crippen LogP contribution in [0.2, 0.25) is 0 Å². The van der Waals surface area contributed by atoms with E-state index in [1.165, 1.54) is 12.8 Å². The molecule has 0 aliphatic carbocycles. The Balaban J connectivity index is 1.34. The van der Waals surface area contributed by atoms with Crippen molar-refractivity contribution in [3.05, 3.63) is 67.0 Å². The van der Waals surface area contributed by atoms with Gasteiger partial charge in [-0.15, -0.1) is 0 Å². The molecule has 0 radical (unpaired) electrons. The van der Waals surface area contributed by atoms with E-state index in [0.717, 1.165) is 36.1 Å². The first-order valence-corrected chi connectivity index (χ1v) is 8.61. The van der Waals surface area contributed by atoms with E-state index in [1.807, 2.05) is 65.5 Å². The van der Waals surface area contributed by atoms with Crippen molar-refractivity contribution in [2.24, 2.45) is 0 Å². The molecule has 5 heteroatoms. The molecule has 2 aromatic carbocycles. The molecule has 0 amide bonds. The maximum Gasteiger partial charge on any atom is 0.127 e. The highest BCUT2D eigenvalue weighted by atomic mass is 16.5. The summed E-state index contributed by atoms with van der Waals surface area (Å²) in [6.07, 6.45) is 6.10. The lowest BCUT2D eigenvalue weighted by molar-refractivity contribution is 0.277. The van der Waals surface area contributed by atoms with Crippen LogP contribution >= 0.6 is 0 Å². The van der Waals surface area contributed by atoms with E-state index in [2.05, 4.69) is 10.4 Å². The number of nitrogens with one attached hydrogen (secondary N) is 1. The molecule has 3 aromatic rings. The number of aromatic nitrogens is 2. The molecule has 1 fully saturated rings. The summed E-state index contributed by atoms with van der Waals surface area (Å²) in [5, 5.41) is 7.64. The maximum absolute atomic E-state index is 5.89. The van der Waals surface area contributed by atoms with Crippen molar-refractivity contribution < 1.29 is 9.47 Å². The fourth-order valence-electron chi connectivity index (χ4n) is 2.92. The van der Waals surface area contributed by atoms with Crippen molar-refractivity contribution in [1.82, 2.24) is 15.1 Å². The molecule has 0 bridgehead atoms. The van der Waals surface area contributed by atoms with Crippen LogP contribution in [0, 0.1) is 0 Å². The summed E-state index contributed by atoms with van der Waals surface area (Å²) in [4.78, 5) is 0. The van der Waals surface area contributed by atoms with Gasteiger partial charge in [0, 0.05) is 18.4 Å². The first-order chi connectivity index (χ1) is 12.4. The van der Waals surface area contributed by atoms with Gasteiger partial charge in [0.2, 0.25) is 0 Å². The SMILES string of the molecule is c1cnn(-c2ccc(Oc3ccc(OC[C@H]4CCCN4)cc3)cc2)c1. The average molecular weight is 335 g/mol. The van der Waals surface area contributed by atoms with Gasteiger partial charge in [0.25, 0.3) is 0 Å². The standard InChI is InChI=1S/C20H21N3O2/c1-3-16(21-12-1)15-24-18-8-10-20(11-9-18)25-19-6-4-17(5-7-19)23-14-2-13-22-23/h2,4-11,13-14,16,21H,1,3,12,15H2/t16-/m1/s1. The Bertz CT molecular complexity index is 777. The minimum Gasteiger partial charge on any atom is -0.492 e. The Labute approximate surface area is 147 Å². The highest BCUT2D eigenvalue weighted by Crippen LogP contribution is 2.25. The molecular formula is C20H21N3O2. The summed E-state index contributed by atoms with van der Waals surface area (Å²) in [7, 11) is 0. The quantitative estimate of drug-likeness (QED) is 0.744. The first-order valence-electron chi connectivity index (χ1n) is 8.61. The highest BCUT2D eigenvalue weighted by Gasteiger charge is 2.14. The third kappa shape index (κ3) is 4.00. The number of rotatable bonds is 6. The van der Waals surface area contributed by atoms with E-state index in [0.29, 0.717) is 6.04 Å². The van der Waals surface area contributed by atoms with Gasteiger partial charge in [-0.3, -0.25) is 0 Å². The van der Waals surface area contributed by atoms with E-state index >= 15 is 0 Å². The van der Waals surface area contributed by atoms with Gasteiger partial charge in [-0.2, -0.15) is 5.10 Å². The van der Waals surface area contributed by atoms with Gasteiger partial charge in [0.05, 0.1) is 5.69 Å². The number of hydrogen-bond acceptors (Lipinski definition) is 4. The third-order valence-electron chi connectivity index (χ3n) is 4.28. The second kappa shape index (κ2) is 7.40. The van der Waals surface area contributed by atoms with Crippen LogP contribution in [0.4, 0.5) is 0 Å². The molecule has 1 atom stereocenters. The smallest absolute Gasteiger partial charge is 0.127 e. The second-order valence-electron chi connectivity index (χ2n) is 6.12. The molecule has 1 aliphatic heterocycles. The van der Waals surface area contributed by atoms with Crippen LogP contribution in [0.3, 0.4) is 0 Å². The highest BCUT2D eigenvalue weighted by molar-refractivity contribution is 5.40. The van der Waals surface area contributed by atoms with E-state index in [1.54, 1.807) is 6.20 Å². The Morgan fingerprint density at radius 1 is 1.00 bits per heavy atom. The molecule has 2 heterocycles. The van der Waals surface area contributed by atoms with Crippen LogP contribution in [-0.2, 0) is 0 Å². The average Bonchev–Trinajstić information content (AvgIpc) is 3.36. The zero-order chi connectivity index (χ0) is 16.9. The topological polar surface area (TPSA) is 48.3 Å². The Morgan fingerprint density at radius 2 is 1.72 bits per heavy atom. The van der Waals surface area contributed by atoms with Gasteiger partial charge in [-0.05, 0) is 74.0 Å². The molecule has 1 N–H and O–H groups in total. The van der Waals surface area contributed by atoms with Gasteiger partial charge in [-0.1, -0.05) is 0 Å². The van der Waals surface area contributed by atoms with Crippen LogP contribution in [0.15, 0.2) is 67.0 Å². The molecule has 5 nitrogen and oxygen atoms in total. The normalized spacial score (nSPS) is 16.7. The largest absolute Gasteiger partial charge is 0.492 e. The van der Waals surface area contributed by atoms with Crippen LogP contribution in [-0.4, -0.2) is 29.0 Å². The van der Waals surface area contributed by atoms with E-state index in [-0.39, 0.29) is 0 Å². The first kappa shape index (κ1) is 15.7. The van der Waals surface area contributed by atoms with Gasteiger partial charge < -0.3 is 14.8 Å². The molecule has 0 unspecified atom stereocenters. The maximum atomic E-state index is 5.89. The van der Waals surface area contributed by atoms with Crippen molar-refractivity contribution in [1.29, 1.82) is 0 Å². The predicted octanol–water partition coefficient (Wildman–Crippen LogP) is 3.80. The lowest BCUT2D eigenvalue weighted by Gasteiger charge is -2.12. The summed E-state index contributed by atoms with van der Waals surface area (Å²) in [5.74, 6) is 2.45. The molecule has 1 aliphatic rings. The van der Waals surface area contributed by atoms with Crippen molar-refractivity contribution in [3.63, 3.8) is 0 Å². The van der Waals surface area contributed by atoms with Crippen LogP contribution in [0.5, 0.6) is 17.2 Å².